The van der Waals surface area contributed by atoms with Crippen molar-refractivity contribution in [1.29, 1.82) is 5.26 Å². The van der Waals surface area contributed by atoms with Gasteiger partial charge in [-0.3, -0.25) is 0 Å². The lowest BCUT2D eigenvalue weighted by Crippen LogP contribution is -2.12. The molecule has 2 saturated carbocycles. The van der Waals surface area contributed by atoms with E-state index < -0.39 is 0 Å². The first kappa shape index (κ1) is 7.86. The Labute approximate surface area is 74.1 Å². The van der Waals surface area contributed by atoms with E-state index in [-0.39, 0.29) is 0 Å². The Morgan fingerprint density at radius 3 is 2.50 bits per heavy atom. The first-order chi connectivity index (χ1) is 5.87. The topological polar surface area (TPSA) is 23.8 Å². The van der Waals surface area contributed by atoms with Gasteiger partial charge < -0.3 is 0 Å². The van der Waals surface area contributed by atoms with E-state index in [9.17, 15) is 0 Å². The minimum atomic E-state index is 0.496. The van der Waals surface area contributed by atoms with Crippen LogP contribution in [0.4, 0.5) is 0 Å². The molecule has 0 heterocycles. The van der Waals surface area contributed by atoms with Crippen LogP contribution < -0.4 is 0 Å². The van der Waals surface area contributed by atoms with Crippen LogP contribution in [0.25, 0.3) is 0 Å². The summed E-state index contributed by atoms with van der Waals surface area (Å²) in [5.74, 6) is 0. The molecule has 0 unspecified atom stereocenters. The molecule has 0 radical (unpaired) electrons. The summed E-state index contributed by atoms with van der Waals surface area (Å²) in [6.07, 6.45) is 11.1. The summed E-state index contributed by atoms with van der Waals surface area (Å²) in [6, 6.07) is 2.20. The van der Waals surface area contributed by atoms with Crippen LogP contribution in [-0.4, -0.2) is 0 Å². The third kappa shape index (κ3) is 1.06. The van der Waals surface area contributed by atoms with Gasteiger partial charge in [0.1, 0.15) is 0 Å². The van der Waals surface area contributed by atoms with Crippen molar-refractivity contribution in [3.05, 3.63) is 11.6 Å². The molecule has 1 spiro atoms. The molecule has 1 nitrogen and oxygen atoms in total. The number of nitrogens with zero attached hydrogens (tertiary/aromatic N) is 1. The Balaban J connectivity index is 2.24. The van der Waals surface area contributed by atoms with Gasteiger partial charge in [0.2, 0.25) is 0 Å². The maximum Gasteiger partial charge on any atom is 0.0911 e. The Hall–Kier alpha value is -0.770. The monoisotopic (exact) mass is 161 g/mol. The minimum absolute atomic E-state index is 0.496. The lowest BCUT2D eigenvalue weighted by molar-refractivity contribution is 0.380. The average molecular weight is 161 g/mol. The molecular formula is C11H15N. The second kappa shape index (κ2) is 2.94. The Kier molecular flexibility index (Phi) is 1.92. The van der Waals surface area contributed by atoms with Gasteiger partial charge in [-0.15, -0.1) is 0 Å². The van der Waals surface area contributed by atoms with Crippen LogP contribution in [0.15, 0.2) is 11.6 Å². The maximum absolute atomic E-state index is 8.64. The summed E-state index contributed by atoms with van der Waals surface area (Å²) in [5.41, 5.74) is 1.96. The van der Waals surface area contributed by atoms with E-state index in [1.165, 1.54) is 50.5 Å². The molecular weight excluding hydrogens is 146 g/mol. The van der Waals surface area contributed by atoms with Crippen molar-refractivity contribution in [2.24, 2.45) is 5.41 Å². The zero-order valence-corrected chi connectivity index (χ0v) is 7.47. The molecule has 2 aliphatic rings. The van der Waals surface area contributed by atoms with E-state index in [0.717, 1.165) is 0 Å². The van der Waals surface area contributed by atoms with Gasteiger partial charge in [-0.1, -0.05) is 18.4 Å². The zero-order chi connectivity index (χ0) is 8.44. The number of allylic oxidation sites excluding steroid dienone is 2. The quantitative estimate of drug-likeness (QED) is 0.500. The SMILES string of the molecule is N#C/C=C1/CCCC12CCCC2. The zero-order valence-electron chi connectivity index (χ0n) is 7.47. The van der Waals surface area contributed by atoms with Crippen LogP contribution in [-0.2, 0) is 0 Å². The van der Waals surface area contributed by atoms with Crippen molar-refractivity contribution in [3.63, 3.8) is 0 Å². The van der Waals surface area contributed by atoms with Crippen LogP contribution in [0, 0.1) is 16.7 Å². The highest BCUT2D eigenvalue weighted by Gasteiger charge is 2.40. The molecule has 0 amide bonds. The third-order valence-corrected chi connectivity index (χ3v) is 3.58. The summed E-state index contributed by atoms with van der Waals surface area (Å²) in [7, 11) is 0. The molecule has 0 aromatic rings. The number of hydrogen-bond donors (Lipinski definition) is 0. The van der Waals surface area contributed by atoms with Crippen LogP contribution in [0.5, 0.6) is 0 Å². The minimum Gasteiger partial charge on any atom is -0.193 e. The summed E-state index contributed by atoms with van der Waals surface area (Å²) in [6.45, 7) is 0. The van der Waals surface area contributed by atoms with Gasteiger partial charge in [-0.05, 0) is 37.5 Å². The molecule has 2 rings (SSSR count). The smallest absolute Gasteiger partial charge is 0.0911 e. The molecule has 2 aliphatic carbocycles. The van der Waals surface area contributed by atoms with Gasteiger partial charge >= 0.3 is 0 Å². The Morgan fingerprint density at radius 2 is 1.83 bits per heavy atom. The molecule has 0 aromatic carbocycles. The first-order valence-electron chi connectivity index (χ1n) is 4.97. The predicted octanol–water partition coefficient (Wildman–Crippen LogP) is 3.18. The molecule has 0 aliphatic heterocycles. The van der Waals surface area contributed by atoms with E-state index in [2.05, 4.69) is 6.07 Å². The number of rotatable bonds is 0. The van der Waals surface area contributed by atoms with Gasteiger partial charge in [0.15, 0.2) is 0 Å². The van der Waals surface area contributed by atoms with Gasteiger partial charge in [-0.25, -0.2) is 0 Å². The highest BCUT2D eigenvalue weighted by atomic mass is 14.4. The van der Waals surface area contributed by atoms with Crippen LogP contribution in [0.1, 0.15) is 44.9 Å². The fraction of sp³-hybridized carbons (Fsp3) is 0.727. The molecule has 2 fully saturated rings. The summed E-state index contributed by atoms with van der Waals surface area (Å²) in [4.78, 5) is 0. The molecule has 0 bridgehead atoms. The maximum atomic E-state index is 8.64. The van der Waals surface area contributed by atoms with E-state index >= 15 is 0 Å². The molecule has 0 saturated heterocycles. The van der Waals surface area contributed by atoms with Crippen molar-refractivity contribution in [3.8, 4) is 6.07 Å². The molecule has 1 heteroatoms. The second-order valence-corrected chi connectivity index (χ2v) is 4.14. The lowest BCUT2D eigenvalue weighted by Gasteiger charge is -2.23. The van der Waals surface area contributed by atoms with Crippen molar-refractivity contribution < 1.29 is 0 Å². The normalized spacial score (nSPS) is 29.8. The Morgan fingerprint density at radius 1 is 1.17 bits per heavy atom. The highest BCUT2D eigenvalue weighted by molar-refractivity contribution is 5.25. The van der Waals surface area contributed by atoms with Crippen molar-refractivity contribution in [2.75, 3.05) is 0 Å². The van der Waals surface area contributed by atoms with Gasteiger partial charge in [0, 0.05) is 6.08 Å². The van der Waals surface area contributed by atoms with E-state index in [0.29, 0.717) is 5.41 Å². The van der Waals surface area contributed by atoms with E-state index in [4.69, 9.17) is 5.26 Å². The third-order valence-electron chi connectivity index (χ3n) is 3.58. The van der Waals surface area contributed by atoms with Gasteiger partial charge in [0.25, 0.3) is 0 Å². The molecule has 0 atom stereocenters. The largest absolute Gasteiger partial charge is 0.193 e. The first-order valence-corrected chi connectivity index (χ1v) is 4.97. The predicted molar refractivity (Wildman–Crippen MR) is 48.4 cm³/mol. The summed E-state index contributed by atoms with van der Waals surface area (Å²) >= 11 is 0. The standard InChI is InChI=1S/C11H15N/c12-9-5-10-4-3-8-11(10)6-1-2-7-11/h5H,1-4,6-8H2/b10-5-. The second-order valence-electron chi connectivity index (χ2n) is 4.14. The van der Waals surface area contributed by atoms with Crippen molar-refractivity contribution in [1.82, 2.24) is 0 Å². The molecule has 0 aromatic heterocycles. The summed E-state index contributed by atoms with van der Waals surface area (Å²) in [5, 5.41) is 8.64. The molecule has 12 heavy (non-hydrogen) atoms. The van der Waals surface area contributed by atoms with Gasteiger partial charge in [-0.2, -0.15) is 5.26 Å². The summed E-state index contributed by atoms with van der Waals surface area (Å²) < 4.78 is 0. The van der Waals surface area contributed by atoms with Crippen molar-refractivity contribution in [2.45, 2.75) is 44.9 Å². The average Bonchev–Trinajstić information content (AvgIpc) is 2.66. The fourth-order valence-electron chi connectivity index (χ4n) is 2.97. The molecule has 64 valence electrons. The van der Waals surface area contributed by atoms with Crippen LogP contribution >= 0.6 is 0 Å². The van der Waals surface area contributed by atoms with Gasteiger partial charge in [0.05, 0.1) is 6.07 Å². The fourth-order valence-corrected chi connectivity index (χ4v) is 2.97. The van der Waals surface area contributed by atoms with E-state index in [1.807, 2.05) is 6.08 Å². The van der Waals surface area contributed by atoms with Crippen LogP contribution in [0.2, 0.25) is 0 Å². The highest BCUT2D eigenvalue weighted by Crippen LogP contribution is 2.53. The number of nitriles is 1. The van der Waals surface area contributed by atoms with E-state index in [1.54, 1.807) is 0 Å². The van der Waals surface area contributed by atoms with Crippen molar-refractivity contribution >= 4 is 0 Å². The Bertz CT molecular complexity index is 233. The lowest BCUT2D eigenvalue weighted by atomic mass is 9.80. The molecule has 0 N–H and O–H groups in total. The van der Waals surface area contributed by atoms with Crippen LogP contribution in [0.3, 0.4) is 0 Å². The number of hydrogen-bond acceptors (Lipinski definition) is 1.